The molecule has 1 aliphatic carbocycles. The van der Waals surface area contributed by atoms with Gasteiger partial charge < -0.3 is 14.2 Å². The molecule has 0 unspecified atom stereocenters. The summed E-state index contributed by atoms with van der Waals surface area (Å²) in [6, 6.07) is 11.9. The van der Waals surface area contributed by atoms with E-state index in [1.165, 1.54) is 16.0 Å². The maximum atomic E-state index is 6.12. The van der Waals surface area contributed by atoms with Gasteiger partial charge >= 0.3 is 6.01 Å². The molecule has 0 saturated heterocycles. The molecule has 7 nitrogen and oxygen atoms in total. The van der Waals surface area contributed by atoms with E-state index in [0.29, 0.717) is 12.7 Å². The summed E-state index contributed by atoms with van der Waals surface area (Å²) in [6.45, 7) is 8.30. The van der Waals surface area contributed by atoms with Crippen LogP contribution in [-0.2, 0) is 17.9 Å². The van der Waals surface area contributed by atoms with Crippen molar-refractivity contribution in [3.05, 3.63) is 53.2 Å². The smallest absolute Gasteiger partial charge is 0.316 e. The zero-order chi connectivity index (χ0) is 24.6. The number of benzene rings is 1. The van der Waals surface area contributed by atoms with Gasteiger partial charge in [0.05, 0.1) is 25.6 Å². The molecule has 0 radical (unpaired) electrons. The minimum absolute atomic E-state index is 0.373. The maximum absolute atomic E-state index is 6.12. The van der Waals surface area contributed by atoms with E-state index in [1.54, 1.807) is 25.6 Å². The number of nitrogens with zero attached hydrogens (tertiary/aromatic N) is 4. The third-order valence-electron chi connectivity index (χ3n) is 6.12. The van der Waals surface area contributed by atoms with Gasteiger partial charge in [-0.1, -0.05) is 19.6 Å². The van der Waals surface area contributed by atoms with Crippen LogP contribution >= 0.6 is 11.3 Å². The lowest BCUT2D eigenvalue weighted by atomic mass is 10.1. The van der Waals surface area contributed by atoms with E-state index in [2.05, 4.69) is 47.8 Å². The van der Waals surface area contributed by atoms with E-state index in [0.717, 1.165) is 52.2 Å². The number of fused-ring (bicyclic) bond motifs is 3. The first-order chi connectivity index (χ1) is 16.9. The third kappa shape index (κ3) is 4.89. The fraction of sp³-hybridized carbons (Fsp3) is 0.346. The Morgan fingerprint density at radius 3 is 2.40 bits per heavy atom. The Labute approximate surface area is 210 Å². The normalized spacial score (nSPS) is 12.5. The van der Waals surface area contributed by atoms with E-state index in [9.17, 15) is 0 Å². The van der Waals surface area contributed by atoms with Crippen molar-refractivity contribution in [2.45, 2.75) is 38.8 Å². The summed E-state index contributed by atoms with van der Waals surface area (Å²) in [7, 11) is 2.10. The summed E-state index contributed by atoms with van der Waals surface area (Å²) in [5.41, 5.74) is 6.70. The number of ether oxygens (including phenoxy) is 3. The van der Waals surface area contributed by atoms with E-state index >= 15 is 0 Å². The van der Waals surface area contributed by atoms with Gasteiger partial charge in [-0.25, -0.2) is 14.6 Å². The zero-order valence-electron chi connectivity index (χ0n) is 20.8. The Bertz CT molecular complexity index is 1320. The van der Waals surface area contributed by atoms with Crippen LogP contribution in [0.3, 0.4) is 0 Å². The second-order valence-electron chi connectivity index (χ2n) is 9.83. The molecule has 3 heterocycles. The van der Waals surface area contributed by atoms with Crippen molar-refractivity contribution in [2.24, 2.45) is 0 Å². The fourth-order valence-electron chi connectivity index (χ4n) is 4.18. The first-order valence-corrected chi connectivity index (χ1v) is 16.2. The Hall–Kier alpha value is -3.01. The van der Waals surface area contributed by atoms with Crippen molar-refractivity contribution in [1.82, 2.24) is 19.7 Å². The number of hydrogen-bond acceptors (Lipinski definition) is 7. The molecule has 9 heteroatoms. The van der Waals surface area contributed by atoms with Crippen molar-refractivity contribution in [1.29, 1.82) is 0 Å². The van der Waals surface area contributed by atoms with E-state index < -0.39 is 8.07 Å². The van der Waals surface area contributed by atoms with Crippen LogP contribution in [0, 0.1) is 0 Å². The molecule has 5 rings (SSSR count). The molecule has 1 aromatic carbocycles. The Balaban J connectivity index is 1.49. The van der Waals surface area contributed by atoms with Crippen LogP contribution in [-0.4, -0.2) is 48.6 Å². The summed E-state index contributed by atoms with van der Waals surface area (Å²) in [6.07, 6.45) is 4.48. The van der Waals surface area contributed by atoms with Crippen molar-refractivity contribution in [3.63, 3.8) is 0 Å². The summed E-state index contributed by atoms with van der Waals surface area (Å²) < 4.78 is 18.6. The summed E-state index contributed by atoms with van der Waals surface area (Å²) in [5, 5.41) is 5.02. The van der Waals surface area contributed by atoms with Gasteiger partial charge in [0.15, 0.2) is 0 Å². The van der Waals surface area contributed by atoms with Gasteiger partial charge in [0.25, 0.3) is 0 Å². The molecule has 0 saturated carbocycles. The van der Waals surface area contributed by atoms with Crippen molar-refractivity contribution in [3.8, 4) is 44.7 Å². The Morgan fingerprint density at radius 2 is 1.74 bits per heavy atom. The molecule has 1 aliphatic rings. The molecule has 0 fully saturated rings. The van der Waals surface area contributed by atoms with E-state index in [-0.39, 0.29) is 0 Å². The minimum atomic E-state index is -1.16. The molecule has 0 aliphatic heterocycles. The van der Waals surface area contributed by atoms with Crippen LogP contribution < -0.4 is 9.47 Å². The minimum Gasteiger partial charge on any atom is -0.497 e. The first-order valence-electron chi connectivity index (χ1n) is 11.7. The highest BCUT2D eigenvalue weighted by atomic mass is 32.1. The number of methoxy groups -OCH3 is 2. The molecule has 0 amide bonds. The Morgan fingerprint density at radius 1 is 1.00 bits per heavy atom. The van der Waals surface area contributed by atoms with E-state index in [4.69, 9.17) is 19.3 Å². The van der Waals surface area contributed by atoms with Crippen molar-refractivity contribution < 1.29 is 14.2 Å². The van der Waals surface area contributed by atoms with Crippen LogP contribution in [0.25, 0.3) is 33.0 Å². The molecule has 0 atom stereocenters. The monoisotopic (exact) mass is 506 g/mol. The van der Waals surface area contributed by atoms with Gasteiger partial charge in [0, 0.05) is 65.5 Å². The number of hydrogen-bond donors (Lipinski definition) is 0. The van der Waals surface area contributed by atoms with Crippen molar-refractivity contribution in [2.75, 3.05) is 20.8 Å². The SMILES string of the molecule is COc1ccc(-c2nn(COCC[Si](C)(C)C)c3c2Cc2sc(-c4cnc(OC)nc4)cc2-3)cc1. The topological polar surface area (TPSA) is 71.3 Å². The summed E-state index contributed by atoms with van der Waals surface area (Å²) in [5.74, 6) is 0.838. The van der Waals surface area contributed by atoms with Gasteiger partial charge in [-0.15, -0.1) is 11.3 Å². The molecule has 182 valence electrons. The van der Waals surface area contributed by atoms with Crippen LogP contribution in [0.15, 0.2) is 42.7 Å². The van der Waals surface area contributed by atoms with Gasteiger partial charge in [0.1, 0.15) is 12.5 Å². The standard InChI is InChI=1S/C26H30N4O3SSi/c1-31-19-8-6-17(7-9-19)24-21-13-23-20(12-22(34-23)18-14-27-26(32-2)28-15-18)25(21)30(29-24)16-33-10-11-35(3,4)5/h6-9,12,14-15H,10-11,13,16H2,1-5H3. The quantitative estimate of drug-likeness (QED) is 0.181. The molecule has 0 spiro atoms. The highest BCUT2D eigenvalue weighted by molar-refractivity contribution is 7.16. The third-order valence-corrected chi connectivity index (χ3v) is 9.01. The number of thiophene rings is 1. The highest BCUT2D eigenvalue weighted by Crippen LogP contribution is 2.47. The number of aromatic nitrogens is 4. The lowest BCUT2D eigenvalue weighted by Gasteiger charge is -2.15. The average Bonchev–Trinajstić information content (AvgIpc) is 3.51. The van der Waals surface area contributed by atoms with Gasteiger partial charge in [-0.3, -0.25) is 0 Å². The first kappa shape index (κ1) is 23.7. The zero-order valence-corrected chi connectivity index (χ0v) is 22.6. The maximum Gasteiger partial charge on any atom is 0.316 e. The van der Waals surface area contributed by atoms with Gasteiger partial charge in [-0.2, -0.15) is 5.10 Å². The van der Waals surface area contributed by atoms with Crippen LogP contribution in [0.4, 0.5) is 0 Å². The van der Waals surface area contributed by atoms with Crippen LogP contribution in [0.1, 0.15) is 10.4 Å². The van der Waals surface area contributed by atoms with Gasteiger partial charge in [-0.05, 0) is 36.4 Å². The van der Waals surface area contributed by atoms with Crippen LogP contribution in [0.2, 0.25) is 25.7 Å². The Kier molecular flexibility index (Phi) is 6.48. The predicted octanol–water partition coefficient (Wildman–Crippen LogP) is 5.97. The molecule has 35 heavy (non-hydrogen) atoms. The molecule has 0 bridgehead atoms. The average molecular weight is 507 g/mol. The second kappa shape index (κ2) is 9.56. The fourth-order valence-corrected chi connectivity index (χ4v) is 6.09. The molecular formula is C26H30N4O3SSi. The van der Waals surface area contributed by atoms with Gasteiger partial charge in [0.2, 0.25) is 0 Å². The largest absolute Gasteiger partial charge is 0.497 e. The molecule has 4 aromatic rings. The van der Waals surface area contributed by atoms with Crippen molar-refractivity contribution >= 4 is 19.4 Å². The van der Waals surface area contributed by atoms with Crippen LogP contribution in [0.5, 0.6) is 11.8 Å². The molecule has 3 aromatic heterocycles. The second-order valence-corrected chi connectivity index (χ2v) is 16.6. The summed E-state index contributed by atoms with van der Waals surface area (Å²) in [4.78, 5) is 11.0. The predicted molar refractivity (Wildman–Crippen MR) is 142 cm³/mol. The summed E-state index contributed by atoms with van der Waals surface area (Å²) >= 11 is 1.78. The van der Waals surface area contributed by atoms with E-state index in [1.807, 2.05) is 29.2 Å². The number of rotatable bonds is 9. The molecule has 0 N–H and O–H groups in total. The highest BCUT2D eigenvalue weighted by Gasteiger charge is 2.31. The lowest BCUT2D eigenvalue weighted by molar-refractivity contribution is 0.0799. The lowest BCUT2D eigenvalue weighted by Crippen LogP contribution is -2.22. The molecular weight excluding hydrogens is 476 g/mol.